The van der Waals surface area contributed by atoms with Gasteiger partial charge in [-0.2, -0.15) is 0 Å². The van der Waals surface area contributed by atoms with Crippen molar-refractivity contribution in [3.63, 3.8) is 0 Å². The number of hydrogen-bond acceptors (Lipinski definition) is 31. The van der Waals surface area contributed by atoms with Crippen LogP contribution < -0.4 is 35.9 Å². The molecule has 0 aliphatic carbocycles. The van der Waals surface area contributed by atoms with E-state index in [9.17, 15) is 30.6 Å². The third-order valence-electron chi connectivity index (χ3n) is 17.0. The van der Waals surface area contributed by atoms with Crippen LogP contribution in [-0.2, 0) is 87.5 Å². The highest BCUT2D eigenvalue weighted by molar-refractivity contribution is 5.60. The summed E-state index contributed by atoms with van der Waals surface area (Å²) in [4.78, 5) is 0. The Balaban J connectivity index is 0.546. The second-order valence-electron chi connectivity index (χ2n) is 24.9. The van der Waals surface area contributed by atoms with Crippen LogP contribution in [0.4, 0.5) is 0 Å². The first-order valence-electron chi connectivity index (χ1n) is 33.4. The van der Waals surface area contributed by atoms with Gasteiger partial charge in [-0.15, -0.1) is 30.6 Å². The maximum absolute atomic E-state index is 10.2. The highest BCUT2D eigenvalue weighted by atomic mass is 16.5. The monoisotopic (exact) mass is 1400 g/mol. The first-order chi connectivity index (χ1) is 49.3. The number of nitrogens with zero attached hydrogens (tertiary/aromatic N) is 18. The fourth-order valence-electron chi connectivity index (χ4n) is 11.4. The van der Waals surface area contributed by atoms with Crippen molar-refractivity contribution in [2.24, 2.45) is 5.73 Å². The Morgan fingerprint density at radius 1 is 0.356 bits per heavy atom. The van der Waals surface area contributed by atoms with Crippen molar-refractivity contribution < 1.29 is 73.3 Å². The molecule has 0 amide bonds. The number of nitrogens with one attached hydrogen (secondary N) is 3. The molecular formula is C64H86N22O15. The van der Waals surface area contributed by atoms with Gasteiger partial charge in [-0.3, -0.25) is 14.0 Å². The Kier molecular flexibility index (Phi) is 25.5. The van der Waals surface area contributed by atoms with Gasteiger partial charge in [-0.25, -0.2) is 14.0 Å². The first kappa shape index (κ1) is 72.1. The van der Waals surface area contributed by atoms with Crippen LogP contribution in [0.2, 0.25) is 0 Å². The molecule has 0 radical (unpaired) electrons. The summed E-state index contributed by atoms with van der Waals surface area (Å²) in [5.41, 5.74) is 12.2. The molecule has 542 valence electrons. The molecule has 0 saturated carbocycles. The minimum Gasteiger partial charge on any atom is -0.491 e. The number of hydrogen-bond donors (Lipinski definition) is 10. The van der Waals surface area contributed by atoms with Crippen LogP contribution in [0.3, 0.4) is 0 Å². The zero-order chi connectivity index (χ0) is 69.8. The van der Waals surface area contributed by atoms with E-state index in [4.69, 9.17) is 48.4 Å². The van der Waals surface area contributed by atoms with Gasteiger partial charge in [0, 0.05) is 36.3 Å². The number of aliphatic hydroxyl groups excluding tert-OH is 6. The largest absolute Gasteiger partial charge is 0.491 e. The van der Waals surface area contributed by atoms with Crippen molar-refractivity contribution in [1.82, 2.24) is 106 Å². The maximum atomic E-state index is 10.2. The summed E-state index contributed by atoms with van der Waals surface area (Å²) < 4.78 is 63.5. The van der Waals surface area contributed by atoms with Crippen LogP contribution in [0.1, 0.15) is 17.1 Å². The number of nitrogens with two attached hydrogens (primary N) is 1. The second kappa shape index (κ2) is 35.7. The molecule has 9 aromatic rings. The third kappa shape index (κ3) is 21.0. The summed E-state index contributed by atoms with van der Waals surface area (Å²) in [7, 11) is 0. The van der Waals surface area contributed by atoms with Crippen LogP contribution in [0.25, 0.3) is 33.8 Å². The van der Waals surface area contributed by atoms with Gasteiger partial charge in [0.05, 0.1) is 216 Å². The smallest absolute Gasteiger partial charge is 0.119 e. The molecule has 12 rings (SSSR count). The number of aromatic nitrogens is 18. The lowest BCUT2D eigenvalue weighted by Gasteiger charge is -2.28. The Morgan fingerprint density at radius 3 is 0.921 bits per heavy atom. The molecule has 0 spiro atoms. The van der Waals surface area contributed by atoms with Gasteiger partial charge in [0.2, 0.25) is 0 Å². The number of benzene rings is 3. The molecule has 9 heterocycles. The first-order valence-corrected chi connectivity index (χ1v) is 33.4. The minimum absolute atomic E-state index is 0.0358. The highest BCUT2D eigenvalue weighted by Gasteiger charge is 2.36. The van der Waals surface area contributed by atoms with E-state index in [-0.39, 0.29) is 57.8 Å². The lowest BCUT2D eigenvalue weighted by Crippen LogP contribution is -2.52. The Morgan fingerprint density at radius 2 is 0.644 bits per heavy atom. The molecule has 37 nitrogen and oxygen atoms in total. The number of aliphatic hydroxyl groups is 6. The summed E-state index contributed by atoms with van der Waals surface area (Å²) in [6, 6.07) is 21.5. The topological polar surface area (TPSA) is 451 Å². The second-order valence-corrected chi connectivity index (χ2v) is 24.9. The van der Waals surface area contributed by atoms with Gasteiger partial charge in [0.15, 0.2) is 0 Å². The van der Waals surface area contributed by atoms with Crippen molar-refractivity contribution in [2.75, 3.05) is 98.9 Å². The summed E-state index contributed by atoms with van der Waals surface area (Å²) >= 11 is 0. The average molecular weight is 1400 g/mol. The van der Waals surface area contributed by atoms with Crippen molar-refractivity contribution in [3.05, 3.63) is 127 Å². The van der Waals surface area contributed by atoms with Gasteiger partial charge in [0.1, 0.15) is 71.2 Å². The van der Waals surface area contributed by atoms with E-state index in [1.807, 2.05) is 72.8 Å². The van der Waals surface area contributed by atoms with E-state index in [0.29, 0.717) is 170 Å². The van der Waals surface area contributed by atoms with Crippen LogP contribution in [0.5, 0.6) is 17.2 Å². The Hall–Kier alpha value is -8.74. The van der Waals surface area contributed by atoms with Crippen molar-refractivity contribution >= 4 is 0 Å². The van der Waals surface area contributed by atoms with Crippen LogP contribution in [-0.4, -0.2) is 280 Å². The molecule has 3 aromatic carbocycles. The lowest BCUT2D eigenvalue weighted by molar-refractivity contribution is -0.0356. The predicted octanol–water partition coefficient (Wildman–Crippen LogP) is -2.75. The van der Waals surface area contributed by atoms with Crippen molar-refractivity contribution in [3.8, 4) is 51.0 Å². The van der Waals surface area contributed by atoms with Crippen LogP contribution in [0.15, 0.2) is 110 Å². The Labute approximate surface area is 579 Å². The van der Waals surface area contributed by atoms with Crippen LogP contribution >= 0.6 is 0 Å². The van der Waals surface area contributed by atoms with E-state index >= 15 is 0 Å². The van der Waals surface area contributed by atoms with Gasteiger partial charge >= 0.3 is 0 Å². The van der Waals surface area contributed by atoms with Gasteiger partial charge < -0.3 is 95.0 Å². The molecule has 9 atom stereocenters. The van der Waals surface area contributed by atoms with Gasteiger partial charge in [0.25, 0.3) is 0 Å². The molecule has 3 aliphatic rings. The molecule has 0 unspecified atom stereocenters. The van der Waals surface area contributed by atoms with E-state index in [1.54, 1.807) is 65.3 Å². The molecule has 11 N–H and O–H groups in total. The quantitative estimate of drug-likeness (QED) is 0.0173. The standard InChI is InChI=1S/C64H86N22O15/c65-64(40-96-37-46-28-81(75-69-46)13-16-93-19-22-99-49-7-1-43(2-8-49)52-31-84(78-72-52)34-55-61(90)58(87)25-66-55,41-97-38-47-29-82(76-70-47)14-17-94-20-23-100-50-9-3-44(4-10-50)53-32-85(79-73-53)35-56-62(91)59(88)26-67-56)42-98-39-48-30-83(77-71-48)15-18-95-21-24-101-51-11-5-45(6-12-51)54-33-86(80-74-54)36-57-63(92)60(89)27-68-57/h1-12,28-33,55-63,66-68,87-92H,13-27,34-42,65H2/t55-,56-,57-,58+,59+,60+,61-,62-,63-/m0/s1. The molecule has 3 saturated heterocycles. The molecule has 3 fully saturated rings. The summed E-state index contributed by atoms with van der Waals surface area (Å²) in [5.74, 6) is 2.02. The summed E-state index contributed by atoms with van der Waals surface area (Å²) in [6.07, 6.45) is 5.74. The minimum atomic E-state index is -1.12. The average Bonchev–Trinajstić information content (AvgIpc) is 1.72. The molecular weight excluding hydrogens is 1320 g/mol. The van der Waals surface area contributed by atoms with Gasteiger partial charge in [-0.1, -0.05) is 31.3 Å². The van der Waals surface area contributed by atoms with Crippen LogP contribution in [0, 0.1) is 0 Å². The number of rotatable bonds is 42. The zero-order valence-corrected chi connectivity index (χ0v) is 55.5. The van der Waals surface area contributed by atoms with E-state index in [1.165, 1.54) is 0 Å². The third-order valence-corrected chi connectivity index (χ3v) is 17.0. The van der Waals surface area contributed by atoms with Crippen molar-refractivity contribution in [2.45, 2.75) is 119 Å². The molecule has 6 aromatic heterocycles. The fraction of sp³-hybridized carbons (Fsp3) is 0.531. The predicted molar refractivity (Wildman–Crippen MR) is 353 cm³/mol. The van der Waals surface area contributed by atoms with E-state index in [0.717, 1.165) is 16.7 Å². The lowest BCUT2D eigenvalue weighted by atomic mass is 10.1. The van der Waals surface area contributed by atoms with E-state index < -0.39 is 42.2 Å². The zero-order valence-electron chi connectivity index (χ0n) is 55.5. The number of β-amino-alcohol motifs (C(OH)–C–C–N with tert-alkyl or cyclic N) is 3. The molecule has 0 bridgehead atoms. The summed E-state index contributed by atoms with van der Waals surface area (Å²) in [6.45, 7) is 7.06. The summed E-state index contributed by atoms with van der Waals surface area (Å²) in [5, 5.41) is 120. The van der Waals surface area contributed by atoms with Gasteiger partial charge in [-0.05, 0) is 72.8 Å². The maximum Gasteiger partial charge on any atom is 0.119 e. The SMILES string of the molecule is NC(COCc1cn(CCOCCOc2ccc(-c3cn(C[C@@H]4NC[C@@H](O)[C@H]4O)nn3)cc2)nn1)(COCc1cn(CCOCCOc2ccc(-c3cn(C[C@@H]4NC[C@@H](O)[C@H]4O)nn3)cc2)nn1)COCc1cn(CCOCCOc2ccc(-c3cn(C[C@@H]4NC[C@@H](O)[C@H]4O)nn3)cc2)nn1. The number of ether oxygens (including phenoxy) is 9. The highest BCUT2D eigenvalue weighted by Crippen LogP contribution is 2.25. The Bertz CT molecular complexity index is 3520. The normalized spacial score (nSPS) is 20.8. The molecule has 3 aliphatic heterocycles. The van der Waals surface area contributed by atoms with Crippen molar-refractivity contribution in [1.29, 1.82) is 0 Å². The fourth-order valence-corrected chi connectivity index (χ4v) is 11.4. The van der Waals surface area contributed by atoms with E-state index in [2.05, 4.69) is 77.8 Å². The molecule has 101 heavy (non-hydrogen) atoms. The molecule has 37 heteroatoms.